The minimum Gasteiger partial charge on any atom is -0.480 e. The highest BCUT2D eigenvalue weighted by Crippen LogP contribution is 2.33. The molecule has 0 aliphatic carbocycles. The average Bonchev–Trinajstić information content (AvgIpc) is 2.42. The van der Waals surface area contributed by atoms with Gasteiger partial charge in [-0.3, -0.25) is 14.4 Å². The van der Waals surface area contributed by atoms with Gasteiger partial charge in [0.15, 0.2) is 6.10 Å². The van der Waals surface area contributed by atoms with Crippen molar-refractivity contribution in [1.29, 1.82) is 0 Å². The number of hydrogen-bond acceptors (Lipinski definition) is 4. The molecule has 0 radical (unpaired) electrons. The highest BCUT2D eigenvalue weighted by Gasteiger charge is 2.29. The zero-order chi connectivity index (χ0) is 14.9. The van der Waals surface area contributed by atoms with Gasteiger partial charge in [0.25, 0.3) is 11.8 Å². The number of carboxylic acids is 1. The Balaban J connectivity index is 2.25. The lowest BCUT2D eigenvalue weighted by molar-refractivity contribution is -0.135. The molecule has 2 amide bonds. The molecule has 106 valence electrons. The second kappa shape index (κ2) is 5.20. The molecule has 2 rings (SSSR count). The van der Waals surface area contributed by atoms with Crippen LogP contribution in [0.3, 0.4) is 0 Å². The monoisotopic (exact) mass is 278 g/mol. The molecule has 7 heteroatoms. The number of nitrogens with one attached hydrogen (secondary N) is 1. The third-order valence-electron chi connectivity index (χ3n) is 2.96. The molecule has 1 aliphatic rings. The lowest BCUT2D eigenvalue weighted by Crippen LogP contribution is -2.42. The van der Waals surface area contributed by atoms with Gasteiger partial charge in [-0.1, -0.05) is 0 Å². The Kier molecular flexibility index (Phi) is 3.60. The van der Waals surface area contributed by atoms with Gasteiger partial charge >= 0.3 is 5.97 Å². The smallest absolute Gasteiger partial charge is 0.322 e. The van der Waals surface area contributed by atoms with Crippen molar-refractivity contribution in [3.05, 3.63) is 23.8 Å². The van der Waals surface area contributed by atoms with Crippen LogP contribution in [0.4, 0.5) is 5.69 Å². The molecule has 2 N–H and O–H groups in total. The molecule has 20 heavy (non-hydrogen) atoms. The van der Waals surface area contributed by atoms with Crippen LogP contribution in [-0.4, -0.2) is 42.6 Å². The quantitative estimate of drug-likeness (QED) is 0.826. The van der Waals surface area contributed by atoms with E-state index >= 15 is 0 Å². The third-order valence-corrected chi connectivity index (χ3v) is 2.96. The minimum absolute atomic E-state index is 0.208. The van der Waals surface area contributed by atoms with Crippen molar-refractivity contribution in [1.82, 2.24) is 5.32 Å². The number of carboxylic acid groups (broad SMARTS) is 1. The first-order valence-corrected chi connectivity index (χ1v) is 5.98. The Morgan fingerprint density at radius 3 is 2.80 bits per heavy atom. The van der Waals surface area contributed by atoms with E-state index in [0.717, 1.165) is 0 Å². The summed E-state index contributed by atoms with van der Waals surface area (Å²) in [6, 6.07) is 4.60. The van der Waals surface area contributed by atoms with Gasteiger partial charge < -0.3 is 20.1 Å². The third kappa shape index (κ3) is 2.56. The lowest BCUT2D eigenvalue weighted by atomic mass is 10.1. The molecule has 1 atom stereocenters. The maximum atomic E-state index is 11.8. The summed E-state index contributed by atoms with van der Waals surface area (Å²) in [5.41, 5.74) is 0.749. The van der Waals surface area contributed by atoms with E-state index in [-0.39, 0.29) is 11.5 Å². The topological polar surface area (TPSA) is 95.9 Å². The van der Waals surface area contributed by atoms with Crippen LogP contribution in [0.25, 0.3) is 0 Å². The minimum atomic E-state index is -1.12. The number of amides is 2. The molecule has 0 fully saturated rings. The molecule has 0 saturated carbocycles. The van der Waals surface area contributed by atoms with Crippen molar-refractivity contribution in [2.75, 3.05) is 18.5 Å². The maximum Gasteiger partial charge on any atom is 0.322 e. The summed E-state index contributed by atoms with van der Waals surface area (Å²) in [7, 11) is 1.60. The summed E-state index contributed by atoms with van der Waals surface area (Å²) in [4.78, 5) is 35.4. The number of fused-ring (bicyclic) bond motifs is 1. The number of benzene rings is 1. The van der Waals surface area contributed by atoms with Crippen LogP contribution in [0.5, 0.6) is 5.75 Å². The molecule has 1 heterocycles. The molecule has 1 aliphatic heterocycles. The molecule has 0 aromatic heterocycles. The summed E-state index contributed by atoms with van der Waals surface area (Å²) in [5.74, 6) is -1.34. The van der Waals surface area contributed by atoms with Gasteiger partial charge in [0.2, 0.25) is 0 Å². The predicted octanol–water partition coefficient (Wildman–Crippen LogP) is 0.245. The summed E-state index contributed by atoms with van der Waals surface area (Å²) in [5, 5.41) is 10.8. The lowest BCUT2D eigenvalue weighted by Gasteiger charge is -2.30. The largest absolute Gasteiger partial charge is 0.480 e. The van der Waals surface area contributed by atoms with Crippen molar-refractivity contribution < 1.29 is 24.2 Å². The van der Waals surface area contributed by atoms with E-state index in [4.69, 9.17) is 9.84 Å². The van der Waals surface area contributed by atoms with E-state index in [0.29, 0.717) is 11.4 Å². The SMILES string of the molecule is CC1Oc2ccc(C(=O)NCC(=O)O)cc2N(C)C1=O. The first-order chi connectivity index (χ1) is 9.40. The fourth-order valence-corrected chi connectivity index (χ4v) is 1.91. The van der Waals surface area contributed by atoms with Crippen molar-refractivity contribution in [3.8, 4) is 5.75 Å². The Bertz CT molecular complexity index is 584. The van der Waals surface area contributed by atoms with Crippen LogP contribution in [0.15, 0.2) is 18.2 Å². The van der Waals surface area contributed by atoms with E-state index in [2.05, 4.69) is 5.32 Å². The molecular formula is C13H14N2O5. The van der Waals surface area contributed by atoms with Gasteiger partial charge in [0, 0.05) is 12.6 Å². The standard InChI is InChI=1S/C13H14N2O5/c1-7-13(19)15(2)9-5-8(3-4-10(9)20-7)12(18)14-6-11(16)17/h3-5,7H,6H2,1-2H3,(H,14,18)(H,16,17). The van der Waals surface area contributed by atoms with E-state index in [1.54, 1.807) is 20.0 Å². The number of rotatable bonds is 3. The van der Waals surface area contributed by atoms with Crippen molar-refractivity contribution in [3.63, 3.8) is 0 Å². The van der Waals surface area contributed by atoms with Gasteiger partial charge in [-0.05, 0) is 25.1 Å². The van der Waals surface area contributed by atoms with Gasteiger partial charge in [-0.2, -0.15) is 0 Å². The molecular weight excluding hydrogens is 264 g/mol. The number of carbonyl (C=O) groups is 3. The summed E-state index contributed by atoms with van der Waals surface area (Å²) < 4.78 is 5.43. The zero-order valence-electron chi connectivity index (χ0n) is 11.0. The zero-order valence-corrected chi connectivity index (χ0v) is 11.0. The van der Waals surface area contributed by atoms with E-state index in [9.17, 15) is 14.4 Å². The van der Waals surface area contributed by atoms with Gasteiger partial charge in [-0.25, -0.2) is 0 Å². The summed E-state index contributed by atoms with van der Waals surface area (Å²) in [6.07, 6.45) is -0.570. The fraction of sp³-hybridized carbons (Fsp3) is 0.308. The molecule has 1 aromatic carbocycles. The summed E-state index contributed by atoms with van der Waals surface area (Å²) >= 11 is 0. The van der Waals surface area contributed by atoms with Gasteiger partial charge in [-0.15, -0.1) is 0 Å². The Labute approximate surface area is 115 Å². The molecule has 0 bridgehead atoms. The van der Waals surface area contributed by atoms with E-state index in [1.165, 1.54) is 17.0 Å². The predicted molar refractivity (Wildman–Crippen MR) is 69.9 cm³/mol. The molecule has 0 saturated heterocycles. The van der Waals surface area contributed by atoms with Crippen LogP contribution in [0.1, 0.15) is 17.3 Å². The van der Waals surface area contributed by atoms with E-state index < -0.39 is 24.5 Å². The van der Waals surface area contributed by atoms with Crippen LogP contribution in [0, 0.1) is 0 Å². The number of carbonyl (C=O) groups excluding carboxylic acids is 2. The molecule has 7 nitrogen and oxygen atoms in total. The van der Waals surface area contributed by atoms with Crippen LogP contribution in [-0.2, 0) is 9.59 Å². The molecule has 1 aromatic rings. The Morgan fingerprint density at radius 2 is 2.15 bits per heavy atom. The van der Waals surface area contributed by atoms with Gasteiger partial charge in [0.1, 0.15) is 12.3 Å². The van der Waals surface area contributed by atoms with E-state index in [1.807, 2.05) is 0 Å². The second-order valence-corrected chi connectivity index (χ2v) is 4.42. The first-order valence-electron chi connectivity index (χ1n) is 5.98. The number of likely N-dealkylation sites (N-methyl/N-ethyl adjacent to an activating group) is 1. The van der Waals surface area contributed by atoms with Crippen LogP contribution in [0.2, 0.25) is 0 Å². The molecule has 0 spiro atoms. The Hall–Kier alpha value is -2.57. The highest BCUT2D eigenvalue weighted by molar-refractivity contribution is 6.02. The number of aliphatic carboxylic acids is 1. The molecule has 1 unspecified atom stereocenters. The van der Waals surface area contributed by atoms with Crippen LogP contribution >= 0.6 is 0 Å². The first kappa shape index (κ1) is 13.9. The Morgan fingerprint density at radius 1 is 1.45 bits per heavy atom. The van der Waals surface area contributed by atoms with Crippen molar-refractivity contribution in [2.45, 2.75) is 13.0 Å². The second-order valence-electron chi connectivity index (χ2n) is 4.42. The number of anilines is 1. The van der Waals surface area contributed by atoms with Crippen molar-refractivity contribution in [2.24, 2.45) is 0 Å². The number of hydrogen-bond donors (Lipinski definition) is 2. The number of ether oxygens (including phenoxy) is 1. The highest BCUT2D eigenvalue weighted by atomic mass is 16.5. The van der Waals surface area contributed by atoms with Crippen LogP contribution < -0.4 is 15.0 Å². The summed E-state index contributed by atoms with van der Waals surface area (Å²) in [6.45, 7) is 1.19. The number of nitrogens with zero attached hydrogens (tertiary/aromatic N) is 1. The van der Waals surface area contributed by atoms with Gasteiger partial charge in [0.05, 0.1) is 5.69 Å². The normalized spacial score (nSPS) is 17.2. The maximum absolute atomic E-state index is 11.8. The average molecular weight is 278 g/mol. The van der Waals surface area contributed by atoms with Crippen molar-refractivity contribution >= 4 is 23.5 Å². The fourth-order valence-electron chi connectivity index (χ4n) is 1.91.